The zero-order valence-electron chi connectivity index (χ0n) is 10.3. The summed E-state index contributed by atoms with van der Waals surface area (Å²) in [5.41, 5.74) is 0.0287. The molecule has 5 nitrogen and oxygen atoms in total. The Morgan fingerprint density at radius 2 is 1.95 bits per heavy atom. The molecule has 0 aliphatic carbocycles. The van der Waals surface area contributed by atoms with Crippen molar-refractivity contribution in [2.75, 3.05) is 4.72 Å². The fourth-order valence-electron chi connectivity index (χ4n) is 1.46. The summed E-state index contributed by atoms with van der Waals surface area (Å²) >= 11 is 2.84. The van der Waals surface area contributed by atoms with Gasteiger partial charge in [-0.3, -0.25) is 4.72 Å². The number of aromatic nitrogens is 1. The second kappa shape index (κ2) is 6.04. The van der Waals surface area contributed by atoms with Gasteiger partial charge in [0.15, 0.2) is 5.03 Å². The zero-order chi connectivity index (χ0) is 15.6. The first-order chi connectivity index (χ1) is 9.83. The van der Waals surface area contributed by atoms with Crippen molar-refractivity contribution in [2.45, 2.75) is 11.6 Å². The SMILES string of the molecule is O=S(=O)(Nc1cc(Br)c(F)cc1F)c1ccc(CO)cn1. The molecule has 9 heteroatoms. The Kier molecular flexibility index (Phi) is 4.55. The zero-order valence-corrected chi connectivity index (χ0v) is 12.7. The quantitative estimate of drug-likeness (QED) is 0.800. The number of benzene rings is 1. The van der Waals surface area contributed by atoms with Gasteiger partial charge in [-0.25, -0.2) is 13.8 Å². The molecule has 21 heavy (non-hydrogen) atoms. The molecule has 2 aromatic rings. The average molecular weight is 379 g/mol. The Morgan fingerprint density at radius 3 is 2.52 bits per heavy atom. The average Bonchev–Trinajstić information content (AvgIpc) is 2.44. The molecule has 0 unspecified atom stereocenters. The Bertz CT molecular complexity index is 767. The van der Waals surface area contributed by atoms with E-state index in [1.54, 1.807) is 0 Å². The van der Waals surface area contributed by atoms with E-state index in [1.807, 2.05) is 4.72 Å². The standard InChI is InChI=1S/C12H9BrF2N2O3S/c13-8-3-11(10(15)4-9(8)14)17-21(19,20)12-2-1-7(6-18)5-16-12/h1-5,17-18H,6H2. The number of anilines is 1. The second-order valence-corrected chi connectivity index (χ2v) is 6.50. The van der Waals surface area contributed by atoms with Crippen LogP contribution in [0, 0.1) is 11.6 Å². The third kappa shape index (κ3) is 3.55. The van der Waals surface area contributed by atoms with Gasteiger partial charge in [-0.05, 0) is 33.6 Å². The number of hydrogen-bond donors (Lipinski definition) is 2. The van der Waals surface area contributed by atoms with Crippen molar-refractivity contribution in [3.05, 3.63) is 52.1 Å². The van der Waals surface area contributed by atoms with Crippen LogP contribution in [0.2, 0.25) is 0 Å². The maximum atomic E-state index is 13.6. The van der Waals surface area contributed by atoms with Gasteiger partial charge >= 0.3 is 0 Å². The molecule has 0 amide bonds. The van der Waals surface area contributed by atoms with Crippen LogP contribution in [0.5, 0.6) is 0 Å². The van der Waals surface area contributed by atoms with Crippen molar-refractivity contribution in [3.63, 3.8) is 0 Å². The number of nitrogens with zero attached hydrogens (tertiary/aromatic N) is 1. The Hall–Kier alpha value is -1.58. The predicted octanol–water partition coefficient (Wildman–Crippen LogP) is 2.42. The lowest BCUT2D eigenvalue weighted by Crippen LogP contribution is -2.15. The lowest BCUT2D eigenvalue weighted by atomic mass is 10.3. The molecule has 0 atom stereocenters. The highest BCUT2D eigenvalue weighted by atomic mass is 79.9. The minimum atomic E-state index is -4.12. The van der Waals surface area contributed by atoms with Crippen molar-refractivity contribution < 1.29 is 22.3 Å². The minimum absolute atomic E-state index is 0.0785. The van der Waals surface area contributed by atoms with Crippen molar-refractivity contribution in [1.29, 1.82) is 0 Å². The summed E-state index contributed by atoms with van der Waals surface area (Å²) in [6.07, 6.45) is 1.19. The number of hydrogen-bond acceptors (Lipinski definition) is 4. The number of halogens is 3. The molecule has 0 aliphatic heterocycles. The van der Waals surface area contributed by atoms with Gasteiger partial charge in [0.2, 0.25) is 0 Å². The normalized spacial score (nSPS) is 11.4. The molecule has 1 heterocycles. The van der Waals surface area contributed by atoms with Crippen LogP contribution in [-0.2, 0) is 16.6 Å². The van der Waals surface area contributed by atoms with Crippen molar-refractivity contribution in [1.82, 2.24) is 4.98 Å². The molecule has 0 spiro atoms. The number of sulfonamides is 1. The lowest BCUT2D eigenvalue weighted by Gasteiger charge is -2.09. The summed E-state index contributed by atoms with van der Waals surface area (Å²) < 4.78 is 52.6. The van der Waals surface area contributed by atoms with Gasteiger partial charge in [0.05, 0.1) is 16.8 Å². The summed E-state index contributed by atoms with van der Waals surface area (Å²) in [5.74, 6) is -1.90. The molecule has 2 N–H and O–H groups in total. The molecule has 0 aliphatic rings. The predicted molar refractivity (Wildman–Crippen MR) is 75.0 cm³/mol. The van der Waals surface area contributed by atoms with E-state index in [2.05, 4.69) is 20.9 Å². The van der Waals surface area contributed by atoms with E-state index in [1.165, 1.54) is 18.3 Å². The smallest absolute Gasteiger partial charge is 0.279 e. The van der Waals surface area contributed by atoms with Gasteiger partial charge < -0.3 is 5.11 Å². The van der Waals surface area contributed by atoms with Crippen LogP contribution < -0.4 is 4.72 Å². The van der Waals surface area contributed by atoms with E-state index >= 15 is 0 Å². The largest absolute Gasteiger partial charge is 0.392 e. The fourth-order valence-corrected chi connectivity index (χ4v) is 2.79. The highest BCUT2D eigenvalue weighted by molar-refractivity contribution is 9.10. The van der Waals surface area contributed by atoms with Gasteiger partial charge in [-0.2, -0.15) is 8.42 Å². The second-order valence-electron chi connectivity index (χ2n) is 4.01. The number of pyridine rings is 1. The van der Waals surface area contributed by atoms with Crippen molar-refractivity contribution in [3.8, 4) is 0 Å². The molecule has 0 saturated carbocycles. The van der Waals surface area contributed by atoms with E-state index in [-0.39, 0.29) is 16.1 Å². The number of aliphatic hydroxyl groups is 1. The fraction of sp³-hybridized carbons (Fsp3) is 0.0833. The van der Waals surface area contributed by atoms with E-state index in [9.17, 15) is 17.2 Å². The van der Waals surface area contributed by atoms with Crippen molar-refractivity contribution in [2.24, 2.45) is 0 Å². The molecule has 0 radical (unpaired) electrons. The van der Waals surface area contributed by atoms with Gasteiger partial charge in [-0.1, -0.05) is 6.07 Å². The van der Waals surface area contributed by atoms with Crippen LogP contribution in [0.3, 0.4) is 0 Å². The summed E-state index contributed by atoms with van der Waals surface area (Å²) in [6, 6.07) is 4.08. The monoisotopic (exact) mass is 378 g/mol. The maximum absolute atomic E-state index is 13.6. The van der Waals surface area contributed by atoms with Gasteiger partial charge in [0.1, 0.15) is 11.6 Å². The van der Waals surface area contributed by atoms with E-state index in [0.29, 0.717) is 11.6 Å². The van der Waals surface area contributed by atoms with E-state index in [0.717, 1.165) is 6.07 Å². The van der Waals surface area contributed by atoms with Crippen LogP contribution in [0.25, 0.3) is 0 Å². The van der Waals surface area contributed by atoms with Crippen LogP contribution in [0.4, 0.5) is 14.5 Å². The summed E-state index contributed by atoms with van der Waals surface area (Å²) in [6.45, 7) is -0.277. The van der Waals surface area contributed by atoms with E-state index < -0.39 is 27.3 Å². The van der Waals surface area contributed by atoms with Gasteiger partial charge in [0, 0.05) is 12.3 Å². The molecule has 0 saturated heterocycles. The van der Waals surface area contributed by atoms with E-state index in [4.69, 9.17) is 5.11 Å². The first-order valence-corrected chi connectivity index (χ1v) is 7.84. The van der Waals surface area contributed by atoms with Crippen LogP contribution >= 0.6 is 15.9 Å². The number of aliphatic hydroxyl groups excluding tert-OH is 1. The van der Waals surface area contributed by atoms with Crippen molar-refractivity contribution >= 4 is 31.6 Å². The molecule has 1 aromatic carbocycles. The molecule has 112 valence electrons. The number of rotatable bonds is 4. The molecule has 0 bridgehead atoms. The van der Waals surface area contributed by atoms with Crippen LogP contribution in [-0.4, -0.2) is 18.5 Å². The van der Waals surface area contributed by atoms with Crippen LogP contribution in [0.1, 0.15) is 5.56 Å². The molecule has 0 fully saturated rings. The first kappa shape index (κ1) is 15.8. The number of nitrogens with one attached hydrogen (secondary N) is 1. The topological polar surface area (TPSA) is 79.3 Å². The first-order valence-electron chi connectivity index (χ1n) is 5.56. The summed E-state index contributed by atoms with van der Waals surface area (Å²) in [5, 5.41) is 8.52. The highest BCUT2D eigenvalue weighted by Gasteiger charge is 2.19. The third-order valence-corrected chi connectivity index (χ3v) is 4.40. The highest BCUT2D eigenvalue weighted by Crippen LogP contribution is 2.25. The lowest BCUT2D eigenvalue weighted by molar-refractivity contribution is 0.281. The van der Waals surface area contributed by atoms with Gasteiger partial charge in [0.25, 0.3) is 10.0 Å². The van der Waals surface area contributed by atoms with Crippen LogP contribution in [0.15, 0.2) is 40.0 Å². The Balaban J connectivity index is 2.34. The van der Waals surface area contributed by atoms with Gasteiger partial charge in [-0.15, -0.1) is 0 Å². The Labute approximate surface area is 127 Å². The minimum Gasteiger partial charge on any atom is -0.392 e. The summed E-state index contributed by atoms with van der Waals surface area (Å²) in [7, 11) is -4.12. The third-order valence-electron chi connectivity index (χ3n) is 2.51. The molecular weight excluding hydrogens is 370 g/mol. The maximum Gasteiger partial charge on any atom is 0.279 e. The molecular formula is C12H9BrF2N2O3S. The summed E-state index contributed by atoms with van der Waals surface area (Å²) in [4.78, 5) is 3.67. The molecule has 1 aromatic heterocycles. The molecule has 2 rings (SSSR count). The Morgan fingerprint density at radius 1 is 1.24 bits per heavy atom.